The summed E-state index contributed by atoms with van der Waals surface area (Å²) in [4.78, 5) is 15.3. The van der Waals surface area contributed by atoms with Crippen LogP contribution < -0.4 is 5.32 Å². The van der Waals surface area contributed by atoms with Crippen LogP contribution in [-0.4, -0.2) is 24.9 Å². The molecule has 0 aliphatic heterocycles. The molecule has 7 heteroatoms. The van der Waals surface area contributed by atoms with Crippen LogP contribution in [0, 0.1) is 6.92 Å². The molecule has 1 N–H and O–H groups in total. The molecule has 0 saturated carbocycles. The minimum absolute atomic E-state index is 0.0221. The molecule has 0 aliphatic rings. The smallest absolute Gasteiger partial charge is 0.252 e. The lowest BCUT2D eigenvalue weighted by atomic mass is 10.1. The standard InChI is InChI=1S/C14H13ClN2O3S/c1-9-7-12(17-10-3-5-16-6-4-10)13(21(2,19)20)8-11(9)14(15)18/h3-8H,1-2H3,(H,16,17). The van der Waals surface area contributed by atoms with Crippen molar-refractivity contribution in [3.05, 3.63) is 47.8 Å². The first-order chi connectivity index (χ1) is 9.79. The minimum atomic E-state index is -3.52. The van der Waals surface area contributed by atoms with E-state index in [9.17, 15) is 13.2 Å². The third-order valence-electron chi connectivity index (χ3n) is 2.90. The van der Waals surface area contributed by atoms with Crippen LogP contribution in [0.2, 0.25) is 0 Å². The van der Waals surface area contributed by atoms with E-state index in [1.54, 1.807) is 37.5 Å². The van der Waals surface area contributed by atoms with E-state index in [4.69, 9.17) is 11.6 Å². The summed E-state index contributed by atoms with van der Waals surface area (Å²) in [6.07, 6.45) is 4.26. The molecule has 0 radical (unpaired) electrons. The van der Waals surface area contributed by atoms with E-state index in [1.165, 1.54) is 6.07 Å². The molecule has 1 aromatic carbocycles. The van der Waals surface area contributed by atoms with E-state index in [1.807, 2.05) is 0 Å². The maximum Gasteiger partial charge on any atom is 0.252 e. The summed E-state index contributed by atoms with van der Waals surface area (Å²) in [5.41, 5.74) is 1.86. The second kappa shape index (κ2) is 5.83. The molecule has 0 unspecified atom stereocenters. The number of nitrogens with one attached hydrogen (secondary N) is 1. The van der Waals surface area contributed by atoms with Gasteiger partial charge in [-0.3, -0.25) is 9.78 Å². The molecule has 0 atom stereocenters. The fraction of sp³-hybridized carbons (Fsp3) is 0.143. The quantitative estimate of drug-likeness (QED) is 0.875. The van der Waals surface area contributed by atoms with Gasteiger partial charge in [0, 0.05) is 29.9 Å². The molecule has 0 saturated heterocycles. The molecule has 0 bridgehead atoms. The molecular weight excluding hydrogens is 312 g/mol. The maximum atomic E-state index is 11.9. The lowest BCUT2D eigenvalue weighted by molar-refractivity contribution is 0.108. The van der Waals surface area contributed by atoms with Crippen molar-refractivity contribution in [3.8, 4) is 0 Å². The summed E-state index contributed by atoms with van der Waals surface area (Å²) in [5, 5.41) is 2.33. The Labute approximate surface area is 127 Å². The Morgan fingerprint density at radius 2 is 1.86 bits per heavy atom. The number of carbonyl (C=O) groups is 1. The molecule has 21 heavy (non-hydrogen) atoms. The van der Waals surface area contributed by atoms with Crippen molar-refractivity contribution >= 4 is 38.1 Å². The number of hydrogen-bond donors (Lipinski definition) is 1. The average Bonchev–Trinajstić information content (AvgIpc) is 2.38. The van der Waals surface area contributed by atoms with Crippen LogP contribution in [0.15, 0.2) is 41.6 Å². The van der Waals surface area contributed by atoms with Crippen LogP contribution in [0.25, 0.3) is 0 Å². The van der Waals surface area contributed by atoms with E-state index < -0.39 is 15.1 Å². The summed E-state index contributed by atoms with van der Waals surface area (Å²) in [6, 6.07) is 6.31. The monoisotopic (exact) mass is 324 g/mol. The number of anilines is 2. The fourth-order valence-electron chi connectivity index (χ4n) is 1.90. The molecule has 0 spiro atoms. The molecule has 2 aromatic rings. The van der Waals surface area contributed by atoms with Crippen LogP contribution in [-0.2, 0) is 9.84 Å². The molecule has 2 rings (SSSR count). The van der Waals surface area contributed by atoms with Gasteiger partial charge in [-0.2, -0.15) is 0 Å². The Hall–Kier alpha value is -1.92. The average molecular weight is 325 g/mol. The van der Waals surface area contributed by atoms with Gasteiger partial charge < -0.3 is 5.32 Å². The van der Waals surface area contributed by atoms with Crippen molar-refractivity contribution < 1.29 is 13.2 Å². The molecule has 5 nitrogen and oxygen atoms in total. The highest BCUT2D eigenvalue weighted by molar-refractivity contribution is 7.90. The summed E-state index contributed by atoms with van der Waals surface area (Å²) < 4.78 is 23.8. The van der Waals surface area contributed by atoms with Gasteiger partial charge >= 0.3 is 0 Å². The molecular formula is C14H13ClN2O3S. The number of benzene rings is 1. The normalized spacial score (nSPS) is 11.2. The largest absolute Gasteiger partial charge is 0.354 e. The van der Waals surface area contributed by atoms with Crippen molar-refractivity contribution in [1.82, 2.24) is 4.98 Å². The van der Waals surface area contributed by atoms with Crippen molar-refractivity contribution in [3.63, 3.8) is 0 Å². The van der Waals surface area contributed by atoms with Crippen molar-refractivity contribution in [2.45, 2.75) is 11.8 Å². The van der Waals surface area contributed by atoms with Crippen LogP contribution >= 0.6 is 11.6 Å². The highest BCUT2D eigenvalue weighted by atomic mass is 35.5. The van der Waals surface area contributed by atoms with E-state index in [-0.39, 0.29) is 10.5 Å². The number of sulfone groups is 1. The van der Waals surface area contributed by atoms with Crippen LogP contribution in [0.1, 0.15) is 15.9 Å². The van der Waals surface area contributed by atoms with Crippen LogP contribution in [0.4, 0.5) is 11.4 Å². The summed E-state index contributed by atoms with van der Waals surface area (Å²) in [7, 11) is -3.52. The zero-order valence-corrected chi connectivity index (χ0v) is 13.0. The summed E-state index contributed by atoms with van der Waals surface area (Å²) in [6.45, 7) is 1.69. The third-order valence-corrected chi connectivity index (χ3v) is 4.24. The SMILES string of the molecule is Cc1cc(Nc2ccncc2)c(S(C)(=O)=O)cc1C(=O)Cl. The zero-order valence-electron chi connectivity index (χ0n) is 11.4. The lowest BCUT2D eigenvalue weighted by Gasteiger charge is -2.13. The highest BCUT2D eigenvalue weighted by Gasteiger charge is 2.18. The Morgan fingerprint density at radius 3 is 2.38 bits per heavy atom. The Kier molecular flexibility index (Phi) is 4.29. The number of pyridine rings is 1. The number of nitrogens with zero attached hydrogens (tertiary/aromatic N) is 1. The van der Waals surface area contributed by atoms with Crippen LogP contribution in [0.3, 0.4) is 0 Å². The topological polar surface area (TPSA) is 76.1 Å². The second-order valence-electron chi connectivity index (χ2n) is 4.57. The van der Waals surface area contributed by atoms with Gasteiger partial charge in [-0.15, -0.1) is 0 Å². The van der Waals surface area contributed by atoms with Crippen molar-refractivity contribution in [2.75, 3.05) is 11.6 Å². The third kappa shape index (κ3) is 3.59. The first kappa shape index (κ1) is 15.5. The van der Waals surface area contributed by atoms with Gasteiger partial charge in [-0.25, -0.2) is 8.42 Å². The van der Waals surface area contributed by atoms with Gasteiger partial charge in [0.15, 0.2) is 9.84 Å². The zero-order chi connectivity index (χ0) is 15.6. The highest BCUT2D eigenvalue weighted by Crippen LogP contribution is 2.29. The molecule has 0 amide bonds. The molecule has 1 heterocycles. The van der Waals surface area contributed by atoms with E-state index in [0.29, 0.717) is 16.9 Å². The second-order valence-corrected chi connectivity index (χ2v) is 6.90. The van der Waals surface area contributed by atoms with Gasteiger partial charge in [0.05, 0.1) is 10.6 Å². The van der Waals surface area contributed by atoms with Gasteiger partial charge in [0.1, 0.15) is 0 Å². The van der Waals surface area contributed by atoms with Crippen LogP contribution in [0.5, 0.6) is 0 Å². The number of hydrogen-bond acceptors (Lipinski definition) is 5. The molecule has 1 aromatic heterocycles. The van der Waals surface area contributed by atoms with Gasteiger partial charge in [0.2, 0.25) is 0 Å². The lowest BCUT2D eigenvalue weighted by Crippen LogP contribution is -2.06. The Morgan fingerprint density at radius 1 is 1.24 bits per heavy atom. The summed E-state index contributed by atoms with van der Waals surface area (Å²) >= 11 is 5.48. The van der Waals surface area contributed by atoms with E-state index in [0.717, 1.165) is 6.26 Å². The van der Waals surface area contributed by atoms with Crippen molar-refractivity contribution in [1.29, 1.82) is 0 Å². The Bertz CT molecular complexity index is 789. The van der Waals surface area contributed by atoms with Gasteiger partial charge in [-0.05, 0) is 48.4 Å². The first-order valence-corrected chi connectivity index (χ1v) is 8.27. The number of halogens is 1. The fourth-order valence-corrected chi connectivity index (χ4v) is 2.94. The van der Waals surface area contributed by atoms with E-state index >= 15 is 0 Å². The van der Waals surface area contributed by atoms with E-state index in [2.05, 4.69) is 10.3 Å². The minimum Gasteiger partial charge on any atom is -0.354 e. The maximum absolute atomic E-state index is 11.9. The molecule has 110 valence electrons. The first-order valence-electron chi connectivity index (χ1n) is 6.00. The Balaban J connectivity index is 2.59. The van der Waals surface area contributed by atoms with Gasteiger partial charge in [0.25, 0.3) is 5.24 Å². The molecule has 0 fully saturated rings. The van der Waals surface area contributed by atoms with Crippen molar-refractivity contribution in [2.24, 2.45) is 0 Å². The summed E-state index contributed by atoms with van der Waals surface area (Å²) in [5.74, 6) is 0. The number of carbonyl (C=O) groups excluding carboxylic acids is 1. The molecule has 0 aliphatic carbocycles. The number of aromatic nitrogens is 1. The predicted octanol–water partition coefficient (Wildman–Crippen LogP) is 2.92. The van der Waals surface area contributed by atoms with Gasteiger partial charge in [-0.1, -0.05) is 0 Å². The predicted molar refractivity (Wildman–Crippen MR) is 82.0 cm³/mol. The number of aryl methyl sites for hydroxylation is 1. The number of rotatable bonds is 4.